The maximum absolute atomic E-state index is 7.03. The highest BCUT2D eigenvalue weighted by molar-refractivity contribution is 6.31. The third-order valence-corrected chi connectivity index (χ3v) is 4.56. The second-order valence-electron chi connectivity index (χ2n) is 5.87. The Kier molecular flexibility index (Phi) is 4.85. The Morgan fingerprint density at radius 3 is 2.68 bits per heavy atom. The summed E-state index contributed by atoms with van der Waals surface area (Å²) in [5.41, 5.74) is 1.41. The van der Waals surface area contributed by atoms with Crippen molar-refractivity contribution in [3.8, 4) is 0 Å². The molecule has 0 spiro atoms. The topological polar surface area (TPSA) is 16.4 Å². The molecule has 19 heavy (non-hydrogen) atoms. The molecular formula is C16H21ClN2. The van der Waals surface area contributed by atoms with Gasteiger partial charge in [0.25, 0.3) is 0 Å². The van der Waals surface area contributed by atoms with E-state index in [1.807, 2.05) is 18.2 Å². The molecule has 2 nitrogen and oxygen atoms in total. The number of hydrogen-bond donors (Lipinski definition) is 1. The number of benzene rings is 1. The van der Waals surface area contributed by atoms with Gasteiger partial charge in [-0.25, -0.2) is 6.57 Å². The van der Waals surface area contributed by atoms with E-state index >= 15 is 0 Å². The average molecular weight is 277 g/mol. The zero-order valence-corrected chi connectivity index (χ0v) is 12.2. The quantitative estimate of drug-likeness (QED) is 0.811. The minimum atomic E-state index is 0.240. The van der Waals surface area contributed by atoms with Crippen LogP contribution in [0.15, 0.2) is 24.3 Å². The molecule has 1 N–H and O–H groups in total. The number of nitrogens with zero attached hydrogens (tertiary/aromatic N) is 1. The van der Waals surface area contributed by atoms with Gasteiger partial charge in [-0.1, -0.05) is 36.7 Å². The van der Waals surface area contributed by atoms with Crippen LogP contribution in [0.5, 0.6) is 0 Å². The Morgan fingerprint density at radius 2 is 2.05 bits per heavy atom. The van der Waals surface area contributed by atoms with Gasteiger partial charge in [0, 0.05) is 23.0 Å². The zero-order valence-electron chi connectivity index (χ0n) is 11.5. The van der Waals surface area contributed by atoms with Crippen LogP contribution in [0.3, 0.4) is 0 Å². The van der Waals surface area contributed by atoms with Crippen molar-refractivity contribution in [1.29, 1.82) is 0 Å². The first kappa shape index (κ1) is 14.4. The predicted molar refractivity (Wildman–Crippen MR) is 80.1 cm³/mol. The lowest BCUT2D eigenvalue weighted by Crippen LogP contribution is -2.37. The van der Waals surface area contributed by atoms with Crippen LogP contribution >= 0.6 is 11.6 Å². The van der Waals surface area contributed by atoms with Gasteiger partial charge >= 0.3 is 0 Å². The van der Waals surface area contributed by atoms with Crippen molar-refractivity contribution in [2.24, 2.45) is 5.41 Å². The molecule has 1 aliphatic carbocycles. The van der Waals surface area contributed by atoms with Crippen LogP contribution in [0, 0.1) is 12.0 Å². The van der Waals surface area contributed by atoms with Crippen LogP contribution in [-0.4, -0.2) is 12.6 Å². The Labute approximate surface area is 121 Å². The van der Waals surface area contributed by atoms with Gasteiger partial charge < -0.3 is 10.2 Å². The summed E-state index contributed by atoms with van der Waals surface area (Å²) in [6.07, 6.45) is 4.62. The molecule has 1 fully saturated rings. The summed E-state index contributed by atoms with van der Waals surface area (Å²) in [6, 6.07) is 8.56. The van der Waals surface area contributed by atoms with Gasteiger partial charge in [-0.15, -0.1) is 0 Å². The summed E-state index contributed by atoms with van der Waals surface area (Å²) in [4.78, 5) is 3.57. The maximum atomic E-state index is 7.03. The largest absolute Gasteiger partial charge is 0.316 e. The van der Waals surface area contributed by atoms with E-state index in [0.717, 1.165) is 37.3 Å². The fraction of sp³-hybridized carbons (Fsp3) is 0.562. The molecule has 2 rings (SSSR count). The molecule has 0 heterocycles. The molecule has 1 saturated carbocycles. The number of halogens is 1. The van der Waals surface area contributed by atoms with Crippen molar-refractivity contribution < 1.29 is 0 Å². The van der Waals surface area contributed by atoms with Crippen molar-refractivity contribution >= 4 is 11.6 Å². The number of nitrogens with one attached hydrogen (secondary N) is 1. The predicted octanol–water partition coefficient (Wildman–Crippen LogP) is 4.30. The molecule has 0 unspecified atom stereocenters. The normalized spacial score (nSPS) is 26.9. The molecule has 1 aromatic carbocycles. The molecule has 3 heteroatoms. The van der Waals surface area contributed by atoms with Crippen molar-refractivity contribution in [1.82, 2.24) is 5.32 Å². The lowest BCUT2D eigenvalue weighted by molar-refractivity contribution is 0.201. The van der Waals surface area contributed by atoms with Crippen LogP contribution in [0.4, 0.5) is 0 Å². The monoisotopic (exact) mass is 276 g/mol. The Balaban J connectivity index is 1.81. The lowest BCUT2D eigenvalue weighted by Gasteiger charge is -2.34. The maximum Gasteiger partial charge on any atom is 0.219 e. The van der Waals surface area contributed by atoms with E-state index < -0.39 is 0 Å². The molecule has 0 amide bonds. The SMILES string of the molecule is [C-]#[N+]CC1(C)CCC(NCc2ccccc2Cl)CC1. The number of hydrogen-bond acceptors (Lipinski definition) is 1. The first-order valence-electron chi connectivity index (χ1n) is 6.93. The summed E-state index contributed by atoms with van der Waals surface area (Å²) in [5.74, 6) is 0. The Hall–Kier alpha value is -1.04. The first-order valence-corrected chi connectivity index (χ1v) is 7.31. The summed E-state index contributed by atoms with van der Waals surface area (Å²) < 4.78 is 0. The van der Waals surface area contributed by atoms with E-state index in [1.165, 1.54) is 5.56 Å². The summed E-state index contributed by atoms with van der Waals surface area (Å²) >= 11 is 6.16. The van der Waals surface area contributed by atoms with Gasteiger partial charge in [-0.2, -0.15) is 0 Å². The molecule has 0 aliphatic heterocycles. The Morgan fingerprint density at radius 1 is 1.37 bits per heavy atom. The summed E-state index contributed by atoms with van der Waals surface area (Å²) in [7, 11) is 0. The fourth-order valence-electron chi connectivity index (χ4n) is 2.76. The first-order chi connectivity index (χ1) is 9.13. The van der Waals surface area contributed by atoms with E-state index in [-0.39, 0.29) is 5.41 Å². The zero-order chi connectivity index (χ0) is 13.7. The molecule has 0 saturated heterocycles. The van der Waals surface area contributed by atoms with Crippen molar-refractivity contribution in [3.63, 3.8) is 0 Å². The lowest BCUT2D eigenvalue weighted by atomic mass is 9.74. The smallest absolute Gasteiger partial charge is 0.219 e. The van der Waals surface area contributed by atoms with Gasteiger partial charge in [-0.3, -0.25) is 0 Å². The molecule has 0 radical (unpaired) electrons. The van der Waals surface area contributed by atoms with E-state index in [1.54, 1.807) is 0 Å². The second-order valence-corrected chi connectivity index (χ2v) is 6.28. The highest BCUT2D eigenvalue weighted by Gasteiger charge is 2.33. The standard InChI is InChI=1S/C16H21ClN2/c1-16(12-18-2)9-7-14(8-10-16)19-11-13-5-3-4-6-15(13)17/h3-6,14,19H,7-12H2,1H3. The van der Waals surface area contributed by atoms with Crippen molar-refractivity contribution in [2.45, 2.75) is 45.2 Å². The average Bonchev–Trinajstić information content (AvgIpc) is 2.40. The van der Waals surface area contributed by atoms with Gasteiger partial charge in [0.15, 0.2) is 0 Å². The molecule has 1 aliphatic rings. The molecule has 102 valence electrons. The van der Waals surface area contributed by atoms with Gasteiger partial charge in [0.1, 0.15) is 0 Å². The van der Waals surface area contributed by atoms with Gasteiger partial charge in [0.05, 0.1) is 0 Å². The third-order valence-electron chi connectivity index (χ3n) is 4.19. The van der Waals surface area contributed by atoms with Crippen LogP contribution in [-0.2, 0) is 6.54 Å². The van der Waals surface area contributed by atoms with Crippen LogP contribution in [0.2, 0.25) is 5.02 Å². The van der Waals surface area contributed by atoms with Gasteiger partial charge in [0.2, 0.25) is 6.54 Å². The van der Waals surface area contributed by atoms with E-state index in [0.29, 0.717) is 12.6 Å². The van der Waals surface area contributed by atoms with E-state index in [2.05, 4.69) is 23.2 Å². The fourth-order valence-corrected chi connectivity index (χ4v) is 2.97. The minimum absolute atomic E-state index is 0.240. The van der Waals surface area contributed by atoms with Crippen LogP contribution in [0.1, 0.15) is 38.2 Å². The molecule has 0 bridgehead atoms. The molecule has 1 aromatic rings. The molecule has 0 aromatic heterocycles. The summed E-state index contributed by atoms with van der Waals surface area (Å²) in [5, 5.41) is 4.43. The highest BCUT2D eigenvalue weighted by atomic mass is 35.5. The minimum Gasteiger partial charge on any atom is -0.316 e. The van der Waals surface area contributed by atoms with Gasteiger partial charge in [-0.05, 0) is 37.3 Å². The number of rotatable bonds is 4. The van der Waals surface area contributed by atoms with Crippen LogP contribution < -0.4 is 5.32 Å². The summed E-state index contributed by atoms with van der Waals surface area (Å²) in [6.45, 7) is 10.8. The van der Waals surface area contributed by atoms with E-state index in [9.17, 15) is 0 Å². The van der Waals surface area contributed by atoms with Crippen molar-refractivity contribution in [2.75, 3.05) is 6.54 Å². The van der Waals surface area contributed by atoms with E-state index in [4.69, 9.17) is 18.2 Å². The third kappa shape index (κ3) is 3.96. The molecule has 0 atom stereocenters. The van der Waals surface area contributed by atoms with Crippen molar-refractivity contribution in [3.05, 3.63) is 46.3 Å². The highest BCUT2D eigenvalue weighted by Crippen LogP contribution is 2.36. The van der Waals surface area contributed by atoms with Crippen LogP contribution in [0.25, 0.3) is 4.85 Å². The second kappa shape index (κ2) is 6.41. The molecular weight excluding hydrogens is 256 g/mol. The Bertz CT molecular complexity index is 456.